The van der Waals surface area contributed by atoms with Gasteiger partial charge in [-0.05, 0) is 19.1 Å². The number of pyridine rings is 1. The fourth-order valence-corrected chi connectivity index (χ4v) is 2.92. The molecule has 1 aliphatic rings. The first kappa shape index (κ1) is 18.3. The van der Waals surface area contributed by atoms with Crippen LogP contribution in [-0.4, -0.2) is 45.6 Å². The molecule has 3 rings (SSSR count). The third-order valence-corrected chi connectivity index (χ3v) is 4.30. The summed E-state index contributed by atoms with van der Waals surface area (Å²) in [6.07, 6.45) is 0.511. The van der Waals surface area contributed by atoms with Gasteiger partial charge < -0.3 is 19.9 Å². The molecular formula is C18H25N5O3. The highest BCUT2D eigenvalue weighted by Crippen LogP contribution is 2.23. The minimum atomic E-state index is -0.258. The third kappa shape index (κ3) is 4.37. The van der Waals surface area contributed by atoms with Gasteiger partial charge in [0, 0.05) is 36.7 Å². The molecule has 2 N–H and O–H groups in total. The van der Waals surface area contributed by atoms with Crippen LogP contribution in [0.3, 0.4) is 0 Å². The Balaban J connectivity index is 1.58. The lowest BCUT2D eigenvalue weighted by atomic mass is 10.1. The number of aryl methyl sites for hydroxylation is 2. The van der Waals surface area contributed by atoms with Crippen molar-refractivity contribution >= 4 is 11.6 Å². The number of hydrogen-bond donors (Lipinski definition) is 1. The second kappa shape index (κ2) is 7.82. The van der Waals surface area contributed by atoms with Gasteiger partial charge in [-0.2, -0.15) is 4.98 Å². The maximum Gasteiger partial charge on any atom is 0.227 e. The maximum absolute atomic E-state index is 12.6. The first-order chi connectivity index (χ1) is 12.4. The first-order valence-corrected chi connectivity index (χ1v) is 8.88. The van der Waals surface area contributed by atoms with Crippen LogP contribution in [0.1, 0.15) is 55.4 Å². The van der Waals surface area contributed by atoms with Crippen LogP contribution in [-0.2, 0) is 16.0 Å². The number of carbonyl (C=O) groups excluding carboxylic acids is 1. The Morgan fingerprint density at radius 3 is 2.88 bits per heavy atom. The van der Waals surface area contributed by atoms with Crippen molar-refractivity contribution in [2.24, 2.45) is 0 Å². The van der Waals surface area contributed by atoms with Crippen molar-refractivity contribution in [1.29, 1.82) is 0 Å². The molecule has 2 aromatic heterocycles. The first-order valence-electron chi connectivity index (χ1n) is 8.88. The SMILES string of the molecule is Cc1cc(N)cc([C@H]2CN(C(=O)CCc3nc(C(C)C)no3)CCO2)n1. The van der Waals surface area contributed by atoms with Crippen LogP contribution < -0.4 is 5.73 Å². The molecule has 0 aliphatic carbocycles. The number of ether oxygens (including phenoxy) is 1. The van der Waals surface area contributed by atoms with Crippen LogP contribution in [0.5, 0.6) is 0 Å². The van der Waals surface area contributed by atoms with Crippen LogP contribution in [0, 0.1) is 6.92 Å². The smallest absolute Gasteiger partial charge is 0.227 e. The number of rotatable bonds is 5. The molecule has 0 saturated carbocycles. The Morgan fingerprint density at radius 2 is 2.19 bits per heavy atom. The van der Waals surface area contributed by atoms with Crippen molar-refractivity contribution in [3.05, 3.63) is 35.2 Å². The summed E-state index contributed by atoms with van der Waals surface area (Å²) in [5.74, 6) is 1.42. The molecule has 1 fully saturated rings. The Kier molecular flexibility index (Phi) is 5.51. The van der Waals surface area contributed by atoms with Gasteiger partial charge in [0.25, 0.3) is 0 Å². The van der Waals surface area contributed by atoms with E-state index in [4.69, 9.17) is 15.0 Å². The second-order valence-corrected chi connectivity index (χ2v) is 6.87. The summed E-state index contributed by atoms with van der Waals surface area (Å²) < 4.78 is 11.0. The standard InChI is InChI=1S/C18H25N5O3/c1-11(2)18-21-16(26-22-18)4-5-17(24)23-6-7-25-15(10-23)14-9-13(19)8-12(3)20-14/h8-9,11,15H,4-7,10H2,1-3H3,(H2,19,20)/t15-/m1/s1. The Bertz CT molecular complexity index is 754. The molecule has 1 aliphatic heterocycles. The zero-order valence-corrected chi connectivity index (χ0v) is 15.4. The number of morpholine rings is 1. The van der Waals surface area contributed by atoms with Gasteiger partial charge in [-0.25, -0.2) is 0 Å². The van der Waals surface area contributed by atoms with Crippen LogP contribution in [0.25, 0.3) is 0 Å². The summed E-state index contributed by atoms with van der Waals surface area (Å²) in [6, 6.07) is 3.61. The molecule has 0 radical (unpaired) electrons. The highest BCUT2D eigenvalue weighted by molar-refractivity contribution is 5.76. The summed E-state index contributed by atoms with van der Waals surface area (Å²) in [5, 5.41) is 3.92. The maximum atomic E-state index is 12.6. The summed E-state index contributed by atoms with van der Waals surface area (Å²) in [4.78, 5) is 23.2. The van der Waals surface area contributed by atoms with Crippen LogP contribution >= 0.6 is 0 Å². The highest BCUT2D eigenvalue weighted by atomic mass is 16.5. The molecule has 0 unspecified atom stereocenters. The lowest BCUT2D eigenvalue weighted by molar-refractivity contribution is -0.139. The molecule has 0 bridgehead atoms. The van der Waals surface area contributed by atoms with E-state index in [1.807, 2.05) is 26.8 Å². The van der Waals surface area contributed by atoms with Crippen LogP contribution in [0.4, 0.5) is 5.69 Å². The molecule has 0 spiro atoms. The zero-order valence-electron chi connectivity index (χ0n) is 15.4. The summed E-state index contributed by atoms with van der Waals surface area (Å²) in [6.45, 7) is 7.40. The fraction of sp³-hybridized carbons (Fsp3) is 0.556. The Hall–Kier alpha value is -2.48. The number of anilines is 1. The largest absolute Gasteiger partial charge is 0.399 e. The Labute approximate surface area is 152 Å². The van der Waals surface area contributed by atoms with Gasteiger partial charge in [-0.3, -0.25) is 9.78 Å². The van der Waals surface area contributed by atoms with Crippen LogP contribution in [0.15, 0.2) is 16.7 Å². The lowest BCUT2D eigenvalue weighted by Crippen LogP contribution is -2.42. The monoisotopic (exact) mass is 359 g/mol. The molecule has 1 amide bonds. The van der Waals surface area contributed by atoms with Gasteiger partial charge in [-0.1, -0.05) is 19.0 Å². The van der Waals surface area contributed by atoms with Gasteiger partial charge in [0.1, 0.15) is 6.10 Å². The van der Waals surface area contributed by atoms with Gasteiger partial charge in [-0.15, -0.1) is 0 Å². The van der Waals surface area contributed by atoms with Gasteiger partial charge in [0.2, 0.25) is 11.8 Å². The summed E-state index contributed by atoms with van der Waals surface area (Å²) in [7, 11) is 0. The molecule has 1 saturated heterocycles. The van der Waals surface area contributed by atoms with E-state index in [9.17, 15) is 4.79 Å². The number of aromatic nitrogens is 3. The minimum Gasteiger partial charge on any atom is -0.399 e. The van der Waals surface area contributed by atoms with Crippen molar-refractivity contribution in [1.82, 2.24) is 20.0 Å². The van der Waals surface area contributed by atoms with E-state index in [1.54, 1.807) is 11.0 Å². The van der Waals surface area contributed by atoms with E-state index in [1.165, 1.54) is 0 Å². The molecular weight excluding hydrogens is 334 g/mol. The van der Waals surface area contributed by atoms with Crippen molar-refractivity contribution < 1.29 is 14.1 Å². The summed E-state index contributed by atoms with van der Waals surface area (Å²) >= 11 is 0. The molecule has 8 nitrogen and oxygen atoms in total. The van der Waals surface area contributed by atoms with Crippen molar-refractivity contribution in [3.63, 3.8) is 0 Å². The van der Waals surface area contributed by atoms with Crippen molar-refractivity contribution in [2.45, 2.75) is 45.6 Å². The highest BCUT2D eigenvalue weighted by Gasteiger charge is 2.26. The topological polar surface area (TPSA) is 107 Å². The second-order valence-electron chi connectivity index (χ2n) is 6.87. The van der Waals surface area contributed by atoms with Crippen LogP contribution in [0.2, 0.25) is 0 Å². The molecule has 140 valence electrons. The van der Waals surface area contributed by atoms with Gasteiger partial charge in [0.15, 0.2) is 5.82 Å². The zero-order chi connectivity index (χ0) is 18.7. The molecule has 1 atom stereocenters. The van der Waals surface area contributed by atoms with Gasteiger partial charge >= 0.3 is 0 Å². The number of carbonyl (C=O) groups is 1. The van der Waals surface area contributed by atoms with E-state index >= 15 is 0 Å². The third-order valence-electron chi connectivity index (χ3n) is 4.30. The number of amides is 1. The van der Waals surface area contributed by atoms with E-state index in [2.05, 4.69) is 15.1 Å². The molecule has 3 heterocycles. The number of nitrogen functional groups attached to an aromatic ring is 1. The van der Waals surface area contributed by atoms with E-state index in [0.717, 1.165) is 11.4 Å². The lowest BCUT2D eigenvalue weighted by Gasteiger charge is -2.33. The van der Waals surface area contributed by atoms with Crippen molar-refractivity contribution in [2.75, 3.05) is 25.4 Å². The molecule has 2 aromatic rings. The summed E-state index contributed by atoms with van der Waals surface area (Å²) in [5.41, 5.74) is 8.15. The number of nitrogens with two attached hydrogens (primary N) is 1. The van der Waals surface area contributed by atoms with E-state index in [-0.39, 0.29) is 17.9 Å². The number of nitrogens with zero attached hydrogens (tertiary/aromatic N) is 4. The molecule has 8 heteroatoms. The predicted octanol–water partition coefficient (Wildman–Crippen LogP) is 2.01. The molecule has 0 aromatic carbocycles. The number of hydrogen-bond acceptors (Lipinski definition) is 7. The average Bonchev–Trinajstić information content (AvgIpc) is 3.08. The minimum absolute atomic E-state index is 0.0446. The molecule has 26 heavy (non-hydrogen) atoms. The normalized spacial score (nSPS) is 17.7. The quantitative estimate of drug-likeness (QED) is 0.870. The average molecular weight is 359 g/mol. The van der Waals surface area contributed by atoms with Gasteiger partial charge in [0.05, 0.1) is 18.8 Å². The Morgan fingerprint density at radius 1 is 1.38 bits per heavy atom. The van der Waals surface area contributed by atoms with E-state index in [0.29, 0.717) is 49.9 Å². The predicted molar refractivity (Wildman–Crippen MR) is 95.4 cm³/mol. The van der Waals surface area contributed by atoms with E-state index < -0.39 is 0 Å². The fourth-order valence-electron chi connectivity index (χ4n) is 2.92. The van der Waals surface area contributed by atoms with Crippen molar-refractivity contribution in [3.8, 4) is 0 Å².